The fraction of sp³-hybridized carbons (Fsp3) is 0.286. The van der Waals surface area contributed by atoms with Gasteiger partial charge in [-0.25, -0.2) is 0 Å². The van der Waals surface area contributed by atoms with Crippen LogP contribution in [0, 0.1) is 13.8 Å². The van der Waals surface area contributed by atoms with Crippen molar-refractivity contribution in [3.05, 3.63) is 39.6 Å². The number of anilines is 1. The Labute approximate surface area is 126 Å². The smallest absolute Gasteiger partial charge is 0.259 e. The number of rotatable bonds is 3. The number of methoxy groups -OCH3 is 1. The third kappa shape index (κ3) is 2.70. The quantitative estimate of drug-likeness (QED) is 0.936. The number of aromatic nitrogens is 2. The molecule has 6 heteroatoms. The van der Waals surface area contributed by atoms with Crippen LogP contribution in [0.5, 0.6) is 5.75 Å². The summed E-state index contributed by atoms with van der Waals surface area (Å²) in [5.74, 6) is 0.422. The minimum Gasteiger partial charge on any atom is -0.495 e. The predicted octanol–water partition coefficient (Wildman–Crippen LogP) is 3.06. The van der Waals surface area contributed by atoms with Crippen LogP contribution in [-0.2, 0) is 7.05 Å². The number of aryl methyl sites for hydroxylation is 2. The third-order valence-corrected chi connectivity index (χ3v) is 3.64. The molecule has 5 nitrogen and oxygen atoms in total. The number of benzene rings is 1. The van der Waals surface area contributed by atoms with Crippen molar-refractivity contribution in [1.29, 1.82) is 0 Å². The van der Waals surface area contributed by atoms with Gasteiger partial charge in [0.1, 0.15) is 5.75 Å². The largest absolute Gasteiger partial charge is 0.495 e. The highest BCUT2D eigenvalue weighted by atomic mass is 79.9. The Balaban J connectivity index is 2.35. The fourth-order valence-electron chi connectivity index (χ4n) is 2.06. The molecule has 2 aromatic rings. The number of hydrogen-bond donors (Lipinski definition) is 1. The lowest BCUT2D eigenvalue weighted by molar-refractivity contribution is 0.102. The van der Waals surface area contributed by atoms with Gasteiger partial charge in [-0.2, -0.15) is 5.10 Å². The van der Waals surface area contributed by atoms with E-state index in [1.54, 1.807) is 23.9 Å². The Bertz CT molecular complexity index is 665. The molecule has 0 aliphatic carbocycles. The summed E-state index contributed by atoms with van der Waals surface area (Å²) >= 11 is 3.38. The first-order valence-corrected chi connectivity index (χ1v) is 6.88. The zero-order chi connectivity index (χ0) is 14.9. The first-order valence-electron chi connectivity index (χ1n) is 6.09. The zero-order valence-electron chi connectivity index (χ0n) is 11.8. The minimum absolute atomic E-state index is 0.190. The highest BCUT2D eigenvalue weighted by Crippen LogP contribution is 2.28. The van der Waals surface area contributed by atoms with Crippen LogP contribution in [0.2, 0.25) is 0 Å². The molecule has 0 bridgehead atoms. The molecule has 20 heavy (non-hydrogen) atoms. The number of nitrogens with one attached hydrogen (secondary N) is 1. The summed E-state index contributed by atoms with van der Waals surface area (Å²) in [6.07, 6.45) is 0. The van der Waals surface area contributed by atoms with Gasteiger partial charge in [-0.05, 0) is 32.0 Å². The molecule has 0 spiro atoms. The summed E-state index contributed by atoms with van der Waals surface area (Å²) in [7, 11) is 3.39. The highest BCUT2D eigenvalue weighted by Gasteiger charge is 2.18. The molecule has 0 saturated carbocycles. The summed E-state index contributed by atoms with van der Waals surface area (Å²) in [4.78, 5) is 12.4. The van der Waals surface area contributed by atoms with E-state index in [1.165, 1.54) is 0 Å². The molecule has 2 rings (SSSR count). The number of nitrogens with zero attached hydrogens (tertiary/aromatic N) is 2. The van der Waals surface area contributed by atoms with Crippen molar-refractivity contribution in [3.63, 3.8) is 0 Å². The van der Waals surface area contributed by atoms with Gasteiger partial charge in [0.15, 0.2) is 0 Å². The molecule has 0 fully saturated rings. The highest BCUT2D eigenvalue weighted by molar-refractivity contribution is 9.10. The van der Waals surface area contributed by atoms with Crippen LogP contribution in [0.15, 0.2) is 22.7 Å². The lowest BCUT2D eigenvalue weighted by Gasteiger charge is -2.10. The van der Waals surface area contributed by atoms with Crippen LogP contribution in [0.1, 0.15) is 21.7 Å². The molecule has 1 aromatic carbocycles. The maximum atomic E-state index is 12.4. The summed E-state index contributed by atoms with van der Waals surface area (Å²) in [5.41, 5.74) is 2.74. The summed E-state index contributed by atoms with van der Waals surface area (Å²) < 4.78 is 7.81. The van der Waals surface area contributed by atoms with Crippen LogP contribution in [-0.4, -0.2) is 22.8 Å². The Morgan fingerprint density at radius 3 is 2.65 bits per heavy atom. The van der Waals surface area contributed by atoms with E-state index in [9.17, 15) is 4.79 Å². The van der Waals surface area contributed by atoms with Gasteiger partial charge in [-0.1, -0.05) is 15.9 Å². The number of carbonyl (C=O) groups is 1. The lowest BCUT2D eigenvalue weighted by Crippen LogP contribution is -2.14. The fourth-order valence-corrected chi connectivity index (χ4v) is 2.43. The van der Waals surface area contributed by atoms with E-state index in [2.05, 4.69) is 26.3 Å². The maximum Gasteiger partial charge on any atom is 0.259 e. The topological polar surface area (TPSA) is 56.1 Å². The van der Waals surface area contributed by atoms with Gasteiger partial charge < -0.3 is 10.1 Å². The van der Waals surface area contributed by atoms with Gasteiger partial charge in [0.25, 0.3) is 5.91 Å². The predicted molar refractivity (Wildman–Crippen MR) is 81.3 cm³/mol. The zero-order valence-corrected chi connectivity index (χ0v) is 13.4. The van der Waals surface area contributed by atoms with E-state index < -0.39 is 0 Å². The average molecular weight is 338 g/mol. The van der Waals surface area contributed by atoms with Gasteiger partial charge >= 0.3 is 0 Å². The molecule has 0 aliphatic rings. The van der Waals surface area contributed by atoms with Crippen molar-refractivity contribution >= 4 is 27.5 Å². The van der Waals surface area contributed by atoms with Crippen LogP contribution in [0.25, 0.3) is 0 Å². The maximum absolute atomic E-state index is 12.4. The van der Waals surface area contributed by atoms with Crippen molar-refractivity contribution in [2.75, 3.05) is 12.4 Å². The molecule has 1 aromatic heterocycles. The third-order valence-electron chi connectivity index (χ3n) is 3.15. The Kier molecular flexibility index (Phi) is 4.13. The monoisotopic (exact) mass is 337 g/mol. The lowest BCUT2D eigenvalue weighted by atomic mass is 10.1. The standard InChI is InChI=1S/C14H16BrN3O2/c1-8-13(9(2)18(3)17-8)14(19)16-11-7-10(15)5-6-12(11)20-4/h5-7H,1-4H3,(H,16,19). The molecule has 0 unspecified atom stereocenters. The van der Waals surface area contributed by atoms with Gasteiger partial charge in [0.05, 0.1) is 24.1 Å². The first kappa shape index (κ1) is 14.6. The van der Waals surface area contributed by atoms with Gasteiger partial charge in [-0.15, -0.1) is 0 Å². The number of carbonyl (C=O) groups excluding carboxylic acids is 1. The van der Waals surface area contributed by atoms with E-state index in [4.69, 9.17) is 4.74 Å². The molecule has 1 N–H and O–H groups in total. The van der Waals surface area contributed by atoms with Crippen LogP contribution >= 0.6 is 15.9 Å². The first-order chi connectivity index (χ1) is 9.43. The van der Waals surface area contributed by atoms with Crippen LogP contribution < -0.4 is 10.1 Å². The SMILES string of the molecule is COc1ccc(Br)cc1NC(=O)c1c(C)nn(C)c1C. The molecular formula is C14H16BrN3O2. The summed E-state index contributed by atoms with van der Waals surface area (Å²) in [6, 6.07) is 5.45. The Morgan fingerprint density at radius 1 is 1.40 bits per heavy atom. The van der Waals surface area contributed by atoms with Crippen molar-refractivity contribution in [2.24, 2.45) is 7.05 Å². The summed E-state index contributed by atoms with van der Waals surface area (Å²) in [5, 5.41) is 7.12. The van der Waals surface area contributed by atoms with E-state index in [0.29, 0.717) is 22.7 Å². The second-order valence-corrected chi connectivity index (χ2v) is 5.38. The van der Waals surface area contributed by atoms with E-state index in [1.807, 2.05) is 27.0 Å². The number of hydrogen-bond acceptors (Lipinski definition) is 3. The molecule has 0 saturated heterocycles. The minimum atomic E-state index is -0.190. The van der Waals surface area contributed by atoms with Crippen LogP contribution in [0.3, 0.4) is 0 Å². The van der Waals surface area contributed by atoms with E-state index in [0.717, 1.165) is 10.2 Å². The van der Waals surface area contributed by atoms with Crippen molar-refractivity contribution in [2.45, 2.75) is 13.8 Å². The van der Waals surface area contributed by atoms with Gasteiger partial charge in [0.2, 0.25) is 0 Å². The normalized spacial score (nSPS) is 10.4. The number of halogens is 1. The van der Waals surface area contributed by atoms with Crippen molar-refractivity contribution < 1.29 is 9.53 Å². The average Bonchev–Trinajstić information content (AvgIpc) is 2.63. The van der Waals surface area contributed by atoms with Gasteiger partial charge in [-0.3, -0.25) is 9.48 Å². The van der Waals surface area contributed by atoms with Crippen molar-refractivity contribution in [1.82, 2.24) is 9.78 Å². The molecular weight excluding hydrogens is 322 g/mol. The molecule has 0 aliphatic heterocycles. The number of ether oxygens (including phenoxy) is 1. The van der Waals surface area contributed by atoms with Crippen molar-refractivity contribution in [3.8, 4) is 5.75 Å². The van der Waals surface area contributed by atoms with E-state index in [-0.39, 0.29) is 5.91 Å². The van der Waals surface area contributed by atoms with Gasteiger partial charge in [0, 0.05) is 17.2 Å². The summed E-state index contributed by atoms with van der Waals surface area (Å²) in [6.45, 7) is 3.69. The molecule has 1 heterocycles. The van der Waals surface area contributed by atoms with E-state index >= 15 is 0 Å². The molecule has 0 atom stereocenters. The Morgan fingerprint density at radius 2 is 2.10 bits per heavy atom. The molecule has 106 valence electrons. The number of amides is 1. The second kappa shape index (κ2) is 5.66. The molecule has 1 amide bonds. The Hall–Kier alpha value is -1.82. The van der Waals surface area contributed by atoms with Crippen LogP contribution in [0.4, 0.5) is 5.69 Å². The second-order valence-electron chi connectivity index (χ2n) is 4.47. The molecule has 0 radical (unpaired) electrons.